The summed E-state index contributed by atoms with van der Waals surface area (Å²) in [7, 11) is 0. The molecule has 0 radical (unpaired) electrons. The molecule has 1 fully saturated rings. The lowest BCUT2D eigenvalue weighted by atomic mass is 10.1. The van der Waals surface area contributed by atoms with Crippen molar-refractivity contribution >= 4 is 0 Å². The van der Waals surface area contributed by atoms with Gasteiger partial charge in [0.2, 0.25) is 0 Å². The quantitative estimate of drug-likeness (QED) is 0.781. The molecule has 4 nitrogen and oxygen atoms in total. The maximum Gasteiger partial charge on any atom is 0.184 e. The van der Waals surface area contributed by atoms with Crippen LogP contribution in [0.25, 0.3) is 0 Å². The van der Waals surface area contributed by atoms with Gasteiger partial charge in [0.1, 0.15) is 12.2 Å². The van der Waals surface area contributed by atoms with E-state index in [0.717, 1.165) is 5.56 Å². The van der Waals surface area contributed by atoms with Gasteiger partial charge in [-0.15, -0.1) is 0 Å². The van der Waals surface area contributed by atoms with Gasteiger partial charge in [-0.1, -0.05) is 30.3 Å². The van der Waals surface area contributed by atoms with E-state index in [4.69, 9.17) is 9.47 Å². The standard InChI is InChI=1S/C12H16O4/c1-8(13)11-10(14)7-15-12(16-11)9-5-3-2-4-6-9/h2-6,8,10-14H,7H2,1H3/t8-,10?,11?,12?/m1/s1. The zero-order valence-corrected chi connectivity index (χ0v) is 9.11. The highest BCUT2D eigenvalue weighted by molar-refractivity contribution is 5.16. The Morgan fingerprint density at radius 3 is 2.62 bits per heavy atom. The van der Waals surface area contributed by atoms with E-state index in [-0.39, 0.29) is 6.61 Å². The van der Waals surface area contributed by atoms with E-state index in [1.807, 2.05) is 30.3 Å². The Hall–Kier alpha value is -0.940. The fraction of sp³-hybridized carbons (Fsp3) is 0.500. The van der Waals surface area contributed by atoms with Crippen LogP contribution in [-0.4, -0.2) is 35.1 Å². The fourth-order valence-corrected chi connectivity index (χ4v) is 1.77. The highest BCUT2D eigenvalue weighted by Crippen LogP contribution is 2.27. The summed E-state index contributed by atoms with van der Waals surface area (Å²) in [5.41, 5.74) is 0.889. The Kier molecular flexibility index (Phi) is 3.56. The Bertz CT molecular complexity index is 325. The van der Waals surface area contributed by atoms with E-state index < -0.39 is 24.6 Å². The monoisotopic (exact) mass is 224 g/mol. The molecule has 1 aliphatic rings. The van der Waals surface area contributed by atoms with Gasteiger partial charge in [-0.05, 0) is 6.92 Å². The SMILES string of the molecule is C[C@@H](O)C1OC(c2ccccc2)OCC1O. The van der Waals surface area contributed by atoms with E-state index in [1.54, 1.807) is 6.92 Å². The highest BCUT2D eigenvalue weighted by Gasteiger charge is 2.34. The molecule has 0 aromatic heterocycles. The zero-order valence-electron chi connectivity index (χ0n) is 9.11. The molecule has 0 spiro atoms. The van der Waals surface area contributed by atoms with Gasteiger partial charge in [0.25, 0.3) is 0 Å². The first kappa shape index (κ1) is 11.5. The van der Waals surface area contributed by atoms with E-state index in [0.29, 0.717) is 0 Å². The number of hydrogen-bond donors (Lipinski definition) is 2. The topological polar surface area (TPSA) is 58.9 Å². The van der Waals surface area contributed by atoms with Gasteiger partial charge in [-0.3, -0.25) is 0 Å². The van der Waals surface area contributed by atoms with E-state index >= 15 is 0 Å². The van der Waals surface area contributed by atoms with Crippen molar-refractivity contribution in [2.75, 3.05) is 6.61 Å². The number of ether oxygens (including phenoxy) is 2. The molecular formula is C12H16O4. The minimum atomic E-state index is -0.778. The van der Waals surface area contributed by atoms with E-state index in [1.165, 1.54) is 0 Å². The molecule has 1 heterocycles. The van der Waals surface area contributed by atoms with Crippen molar-refractivity contribution < 1.29 is 19.7 Å². The zero-order chi connectivity index (χ0) is 11.5. The molecule has 1 aromatic rings. The molecular weight excluding hydrogens is 208 g/mol. The molecule has 0 aliphatic carbocycles. The predicted molar refractivity (Wildman–Crippen MR) is 57.7 cm³/mol. The lowest BCUT2D eigenvalue weighted by molar-refractivity contribution is -0.273. The van der Waals surface area contributed by atoms with Gasteiger partial charge in [0.05, 0.1) is 12.7 Å². The fourth-order valence-electron chi connectivity index (χ4n) is 1.77. The van der Waals surface area contributed by atoms with Gasteiger partial charge in [-0.25, -0.2) is 0 Å². The maximum atomic E-state index is 9.59. The van der Waals surface area contributed by atoms with Gasteiger partial charge >= 0.3 is 0 Å². The molecule has 4 heteroatoms. The van der Waals surface area contributed by atoms with Crippen LogP contribution in [0.5, 0.6) is 0 Å². The molecule has 1 aromatic carbocycles. The first-order valence-electron chi connectivity index (χ1n) is 5.36. The first-order chi connectivity index (χ1) is 7.68. The second kappa shape index (κ2) is 4.93. The number of benzene rings is 1. The summed E-state index contributed by atoms with van der Waals surface area (Å²) in [4.78, 5) is 0. The summed E-state index contributed by atoms with van der Waals surface area (Å²) in [6, 6.07) is 9.48. The van der Waals surface area contributed by atoms with Crippen molar-refractivity contribution in [3.05, 3.63) is 35.9 Å². The molecule has 0 amide bonds. The second-order valence-electron chi connectivity index (χ2n) is 3.98. The molecule has 4 atom stereocenters. The summed E-state index contributed by atoms with van der Waals surface area (Å²) in [6.07, 6.45) is -2.60. The van der Waals surface area contributed by atoms with E-state index in [9.17, 15) is 10.2 Å². The molecule has 2 N–H and O–H groups in total. The minimum Gasteiger partial charge on any atom is -0.391 e. The average molecular weight is 224 g/mol. The molecule has 16 heavy (non-hydrogen) atoms. The smallest absolute Gasteiger partial charge is 0.184 e. The summed E-state index contributed by atoms with van der Waals surface area (Å²) < 4.78 is 10.9. The van der Waals surface area contributed by atoms with Gasteiger partial charge in [-0.2, -0.15) is 0 Å². The minimum absolute atomic E-state index is 0.176. The Balaban J connectivity index is 2.09. The van der Waals surface area contributed by atoms with Crippen LogP contribution in [0.3, 0.4) is 0 Å². The number of aliphatic hydroxyl groups excluding tert-OH is 2. The molecule has 3 unspecified atom stereocenters. The lowest BCUT2D eigenvalue weighted by Gasteiger charge is -2.35. The van der Waals surface area contributed by atoms with Crippen molar-refractivity contribution in [3.8, 4) is 0 Å². The molecule has 0 saturated carbocycles. The number of aliphatic hydroxyl groups is 2. The van der Waals surface area contributed by atoms with Crippen LogP contribution in [-0.2, 0) is 9.47 Å². The lowest BCUT2D eigenvalue weighted by Crippen LogP contribution is -2.46. The largest absolute Gasteiger partial charge is 0.391 e. The van der Waals surface area contributed by atoms with Crippen molar-refractivity contribution in [2.45, 2.75) is 31.5 Å². The predicted octanol–water partition coefficient (Wildman–Crippen LogP) is 0.842. The van der Waals surface area contributed by atoms with Crippen LogP contribution in [0.1, 0.15) is 18.8 Å². The van der Waals surface area contributed by atoms with Crippen LogP contribution in [0, 0.1) is 0 Å². The first-order valence-corrected chi connectivity index (χ1v) is 5.36. The molecule has 1 saturated heterocycles. The molecule has 0 bridgehead atoms. The summed E-state index contributed by atoms with van der Waals surface area (Å²) in [5, 5.41) is 19.1. The third-order valence-electron chi connectivity index (χ3n) is 2.63. The summed E-state index contributed by atoms with van der Waals surface area (Å²) >= 11 is 0. The average Bonchev–Trinajstić information content (AvgIpc) is 2.30. The second-order valence-corrected chi connectivity index (χ2v) is 3.98. The van der Waals surface area contributed by atoms with Crippen LogP contribution in [0.4, 0.5) is 0 Å². The highest BCUT2D eigenvalue weighted by atomic mass is 16.7. The third-order valence-corrected chi connectivity index (χ3v) is 2.63. The Morgan fingerprint density at radius 1 is 1.31 bits per heavy atom. The van der Waals surface area contributed by atoms with Gasteiger partial charge in [0.15, 0.2) is 6.29 Å². The number of rotatable bonds is 2. The van der Waals surface area contributed by atoms with Crippen LogP contribution in [0.2, 0.25) is 0 Å². The summed E-state index contributed by atoms with van der Waals surface area (Å²) in [5.74, 6) is 0. The van der Waals surface area contributed by atoms with Crippen molar-refractivity contribution in [1.29, 1.82) is 0 Å². The molecule has 1 aliphatic heterocycles. The molecule has 88 valence electrons. The normalized spacial score (nSPS) is 32.3. The number of hydrogen-bond acceptors (Lipinski definition) is 4. The van der Waals surface area contributed by atoms with Gasteiger partial charge in [0, 0.05) is 5.56 Å². The summed E-state index contributed by atoms with van der Waals surface area (Å²) in [6.45, 7) is 1.77. The third kappa shape index (κ3) is 2.41. The Labute approximate surface area is 94.4 Å². The van der Waals surface area contributed by atoms with Crippen molar-refractivity contribution in [1.82, 2.24) is 0 Å². The van der Waals surface area contributed by atoms with Crippen molar-refractivity contribution in [2.24, 2.45) is 0 Å². The van der Waals surface area contributed by atoms with Crippen molar-refractivity contribution in [3.63, 3.8) is 0 Å². The van der Waals surface area contributed by atoms with Crippen LogP contribution in [0.15, 0.2) is 30.3 Å². The van der Waals surface area contributed by atoms with Crippen LogP contribution < -0.4 is 0 Å². The van der Waals surface area contributed by atoms with Gasteiger partial charge < -0.3 is 19.7 Å². The van der Waals surface area contributed by atoms with Crippen LogP contribution >= 0.6 is 0 Å². The van der Waals surface area contributed by atoms with E-state index in [2.05, 4.69) is 0 Å². The Morgan fingerprint density at radius 2 is 2.00 bits per heavy atom. The maximum absolute atomic E-state index is 9.59. The molecule has 2 rings (SSSR count).